The number of aryl methyl sites for hydroxylation is 1. The summed E-state index contributed by atoms with van der Waals surface area (Å²) in [6.45, 7) is 0.228. The zero-order valence-electron chi connectivity index (χ0n) is 16.4. The molecule has 0 spiro atoms. The minimum atomic E-state index is -0.296. The monoisotopic (exact) mass is 386 g/mol. The van der Waals surface area contributed by atoms with Gasteiger partial charge in [0.1, 0.15) is 0 Å². The summed E-state index contributed by atoms with van der Waals surface area (Å²) >= 11 is 0. The van der Waals surface area contributed by atoms with Crippen molar-refractivity contribution in [2.24, 2.45) is 5.73 Å². The molecule has 0 saturated heterocycles. The van der Waals surface area contributed by atoms with Gasteiger partial charge in [-0.1, -0.05) is 6.07 Å². The molecule has 0 amide bonds. The van der Waals surface area contributed by atoms with E-state index in [4.69, 9.17) is 25.1 Å². The smallest absolute Gasteiger partial charge is 0.203 e. The molecule has 0 saturated carbocycles. The first-order chi connectivity index (χ1) is 13.5. The average molecular weight is 386 g/mol. The number of hydrogen-bond acceptors (Lipinski definition) is 7. The molecule has 150 valence electrons. The first-order valence-electron chi connectivity index (χ1n) is 9.16. The van der Waals surface area contributed by atoms with Crippen molar-refractivity contribution >= 4 is 5.69 Å². The number of aliphatic hydroxyl groups excluding tert-OH is 1. The molecule has 7 nitrogen and oxygen atoms in total. The summed E-state index contributed by atoms with van der Waals surface area (Å²) in [5, 5.41) is 12.0. The maximum absolute atomic E-state index is 12.7. The van der Waals surface area contributed by atoms with Crippen LogP contribution in [0.25, 0.3) is 11.1 Å². The summed E-state index contributed by atoms with van der Waals surface area (Å²) < 4.78 is 16.7. The lowest BCUT2D eigenvalue weighted by Crippen LogP contribution is -2.14. The number of hydrogen-bond donors (Lipinski definition) is 3. The van der Waals surface area contributed by atoms with E-state index in [2.05, 4.69) is 5.32 Å². The molecule has 1 unspecified atom stereocenters. The van der Waals surface area contributed by atoms with Crippen molar-refractivity contribution < 1.29 is 19.3 Å². The van der Waals surface area contributed by atoms with Crippen molar-refractivity contribution in [3.05, 3.63) is 45.6 Å². The second-order valence-corrected chi connectivity index (χ2v) is 6.60. The summed E-state index contributed by atoms with van der Waals surface area (Å²) in [6, 6.07) is 6.80. The molecule has 2 aromatic carbocycles. The zero-order valence-corrected chi connectivity index (χ0v) is 16.4. The van der Waals surface area contributed by atoms with Gasteiger partial charge in [0.2, 0.25) is 11.2 Å². The van der Waals surface area contributed by atoms with Crippen molar-refractivity contribution in [1.29, 1.82) is 0 Å². The highest BCUT2D eigenvalue weighted by Gasteiger charge is 2.27. The Hall–Kier alpha value is -2.77. The molecule has 1 aliphatic rings. The molecule has 0 aromatic heterocycles. The number of nitrogens with one attached hydrogen (secondary N) is 1. The van der Waals surface area contributed by atoms with E-state index in [0.29, 0.717) is 35.9 Å². The molecule has 0 fully saturated rings. The van der Waals surface area contributed by atoms with Crippen molar-refractivity contribution in [3.8, 4) is 28.4 Å². The molecule has 0 heterocycles. The molecule has 4 N–H and O–H groups in total. The maximum Gasteiger partial charge on any atom is 0.203 e. The molecule has 3 rings (SSSR count). The molecule has 0 radical (unpaired) electrons. The Morgan fingerprint density at radius 2 is 1.89 bits per heavy atom. The summed E-state index contributed by atoms with van der Waals surface area (Å²) in [4.78, 5) is 12.7. The molecule has 1 atom stereocenters. The van der Waals surface area contributed by atoms with E-state index in [0.717, 1.165) is 28.7 Å². The Labute approximate surface area is 164 Å². The van der Waals surface area contributed by atoms with E-state index in [9.17, 15) is 4.79 Å². The Balaban J connectivity index is 2.34. The van der Waals surface area contributed by atoms with Crippen LogP contribution in [0.15, 0.2) is 29.1 Å². The molecule has 2 aromatic rings. The normalized spacial score (nSPS) is 15.1. The van der Waals surface area contributed by atoms with Gasteiger partial charge in [0, 0.05) is 18.2 Å². The van der Waals surface area contributed by atoms with Crippen molar-refractivity contribution in [1.82, 2.24) is 0 Å². The second-order valence-electron chi connectivity index (χ2n) is 6.60. The van der Waals surface area contributed by atoms with E-state index < -0.39 is 0 Å². The molecule has 1 aliphatic carbocycles. The summed E-state index contributed by atoms with van der Waals surface area (Å²) in [6.07, 6.45) is 1.40. The minimum Gasteiger partial charge on any atom is -0.493 e. The van der Waals surface area contributed by atoms with Crippen LogP contribution in [0.4, 0.5) is 5.69 Å². The standard InChI is InChI=1S/C21H26N2O5/c1-26-18-10-12-4-6-15(22)14-11-17(25)16(23-8-9-24)7-5-13(14)19(12)21(28-3)20(18)27-2/h5,7,10-11,15,24H,4,6,8-9,22H2,1-3H3,(H,23,25). The Kier molecular flexibility index (Phi) is 6.06. The van der Waals surface area contributed by atoms with Crippen LogP contribution in [-0.2, 0) is 6.42 Å². The number of rotatable bonds is 6. The van der Waals surface area contributed by atoms with Crippen molar-refractivity contribution in [2.45, 2.75) is 18.9 Å². The SMILES string of the molecule is COc1cc2c(c(OC)c1OC)-c1ccc(NCCO)c(=O)cc1C(N)CC2. The van der Waals surface area contributed by atoms with Crippen LogP contribution >= 0.6 is 0 Å². The Morgan fingerprint density at radius 3 is 2.54 bits per heavy atom. The number of ether oxygens (including phenoxy) is 3. The lowest BCUT2D eigenvalue weighted by molar-refractivity contribution is 0.311. The quantitative estimate of drug-likeness (QED) is 0.698. The van der Waals surface area contributed by atoms with Gasteiger partial charge in [0.25, 0.3) is 0 Å². The number of anilines is 1. The number of nitrogens with two attached hydrogens (primary N) is 1. The van der Waals surface area contributed by atoms with E-state index in [1.54, 1.807) is 33.5 Å². The lowest BCUT2D eigenvalue weighted by atomic mass is 9.95. The van der Waals surface area contributed by atoms with Crippen LogP contribution in [0.1, 0.15) is 23.6 Å². The topological polar surface area (TPSA) is 103 Å². The first kappa shape index (κ1) is 20.0. The van der Waals surface area contributed by atoms with Gasteiger partial charge < -0.3 is 30.4 Å². The van der Waals surface area contributed by atoms with E-state index >= 15 is 0 Å². The number of benzene rings is 1. The number of methoxy groups -OCH3 is 3. The maximum atomic E-state index is 12.7. The fraction of sp³-hybridized carbons (Fsp3) is 0.381. The average Bonchev–Trinajstić information content (AvgIpc) is 2.94. The molecule has 7 heteroatoms. The third kappa shape index (κ3) is 3.50. The van der Waals surface area contributed by atoms with Crippen LogP contribution < -0.4 is 30.7 Å². The summed E-state index contributed by atoms with van der Waals surface area (Å²) in [5.41, 5.74) is 10.1. The predicted octanol–water partition coefficient (Wildman–Crippen LogP) is 2.09. The Bertz CT molecular complexity index is 929. The number of fused-ring (bicyclic) bond motifs is 3. The van der Waals surface area contributed by atoms with Crippen molar-refractivity contribution in [3.63, 3.8) is 0 Å². The van der Waals surface area contributed by atoms with Gasteiger partial charge in [-0.3, -0.25) is 4.79 Å². The molecule has 0 aliphatic heterocycles. The largest absolute Gasteiger partial charge is 0.493 e. The fourth-order valence-electron chi connectivity index (χ4n) is 3.68. The third-order valence-corrected chi connectivity index (χ3v) is 5.01. The van der Waals surface area contributed by atoms with Crippen LogP contribution in [-0.4, -0.2) is 39.6 Å². The van der Waals surface area contributed by atoms with Crippen LogP contribution in [0.3, 0.4) is 0 Å². The van der Waals surface area contributed by atoms with E-state index in [-0.39, 0.29) is 18.1 Å². The zero-order chi connectivity index (χ0) is 20.3. The molecular formula is C21H26N2O5. The van der Waals surface area contributed by atoms with Gasteiger partial charge in [0.15, 0.2) is 11.5 Å². The van der Waals surface area contributed by atoms with Gasteiger partial charge in [-0.25, -0.2) is 0 Å². The highest BCUT2D eigenvalue weighted by Crippen LogP contribution is 2.49. The van der Waals surface area contributed by atoms with E-state index in [1.807, 2.05) is 12.1 Å². The highest BCUT2D eigenvalue weighted by molar-refractivity contribution is 5.82. The summed E-state index contributed by atoms with van der Waals surface area (Å²) in [5.74, 6) is 1.64. The van der Waals surface area contributed by atoms with Crippen molar-refractivity contribution in [2.75, 3.05) is 39.8 Å². The summed E-state index contributed by atoms with van der Waals surface area (Å²) in [7, 11) is 4.73. The van der Waals surface area contributed by atoms with Gasteiger partial charge in [0.05, 0.1) is 33.6 Å². The van der Waals surface area contributed by atoms with E-state index in [1.165, 1.54) is 0 Å². The third-order valence-electron chi connectivity index (χ3n) is 5.01. The first-order valence-corrected chi connectivity index (χ1v) is 9.16. The molecule has 0 bridgehead atoms. The second kappa shape index (κ2) is 8.50. The van der Waals surface area contributed by atoms with Crippen LogP contribution in [0.2, 0.25) is 0 Å². The number of aliphatic hydroxyl groups is 1. The predicted molar refractivity (Wildman–Crippen MR) is 109 cm³/mol. The van der Waals surface area contributed by atoms with Crippen LogP contribution in [0.5, 0.6) is 17.2 Å². The fourth-order valence-corrected chi connectivity index (χ4v) is 3.68. The van der Waals surface area contributed by atoms with Gasteiger partial charge in [-0.05, 0) is 47.7 Å². The van der Waals surface area contributed by atoms with Gasteiger partial charge in [-0.15, -0.1) is 0 Å². The highest BCUT2D eigenvalue weighted by atomic mass is 16.5. The van der Waals surface area contributed by atoms with Crippen LogP contribution in [0, 0.1) is 0 Å². The molecule has 28 heavy (non-hydrogen) atoms. The van der Waals surface area contributed by atoms with Gasteiger partial charge in [-0.2, -0.15) is 0 Å². The van der Waals surface area contributed by atoms with Gasteiger partial charge >= 0.3 is 0 Å². The lowest BCUT2D eigenvalue weighted by Gasteiger charge is -2.19. The Morgan fingerprint density at radius 1 is 1.14 bits per heavy atom. The molecular weight excluding hydrogens is 360 g/mol. The minimum absolute atomic E-state index is 0.0646.